The number of nitrogens with zero attached hydrogens (tertiary/aromatic N) is 1. The van der Waals surface area contributed by atoms with Crippen LogP contribution in [0.3, 0.4) is 0 Å². The molecule has 0 fully saturated rings. The van der Waals surface area contributed by atoms with Crippen LogP contribution in [0.1, 0.15) is 19.6 Å². The molecule has 0 radical (unpaired) electrons. The molecule has 0 spiro atoms. The molecule has 2 N–H and O–H groups in total. The number of carboxylic acid groups (broad SMARTS) is 1. The van der Waals surface area contributed by atoms with Crippen LogP contribution in [0.25, 0.3) is 11.3 Å². The first-order valence-electron chi connectivity index (χ1n) is 5.98. The van der Waals surface area contributed by atoms with Gasteiger partial charge in [-0.15, -0.1) is 0 Å². The number of hydrogen-bond acceptors (Lipinski definition) is 4. The third kappa shape index (κ3) is 3.20. The zero-order chi connectivity index (χ0) is 13.9. The van der Waals surface area contributed by atoms with Gasteiger partial charge >= 0.3 is 5.97 Å². The highest BCUT2D eigenvalue weighted by molar-refractivity contribution is 5.77. The van der Waals surface area contributed by atoms with E-state index in [2.05, 4.69) is 10.5 Å². The maximum absolute atomic E-state index is 11.0. The van der Waals surface area contributed by atoms with Gasteiger partial charge in [-0.3, -0.25) is 10.1 Å². The number of hydrogen-bond donors (Lipinski definition) is 2. The second kappa shape index (κ2) is 5.24. The summed E-state index contributed by atoms with van der Waals surface area (Å²) in [6.45, 7) is 3.52. The highest BCUT2D eigenvalue weighted by Crippen LogP contribution is 2.18. The van der Waals surface area contributed by atoms with Gasteiger partial charge in [0.15, 0.2) is 5.76 Å². The first-order valence-corrected chi connectivity index (χ1v) is 5.98. The Labute approximate surface area is 111 Å². The van der Waals surface area contributed by atoms with Crippen LogP contribution in [-0.4, -0.2) is 21.8 Å². The average Bonchev–Trinajstić information content (AvgIpc) is 2.86. The molecule has 1 heterocycles. The Hall–Kier alpha value is -2.14. The molecule has 0 saturated carbocycles. The van der Waals surface area contributed by atoms with Crippen LogP contribution >= 0.6 is 0 Å². The summed E-state index contributed by atoms with van der Waals surface area (Å²) in [4.78, 5) is 11.0. The third-order valence-electron chi connectivity index (χ3n) is 2.87. The summed E-state index contributed by atoms with van der Waals surface area (Å²) in [5.74, 6) is -0.302. The zero-order valence-electron chi connectivity index (χ0n) is 10.9. The van der Waals surface area contributed by atoms with Crippen LogP contribution in [0.2, 0.25) is 0 Å². The molecule has 19 heavy (non-hydrogen) atoms. The lowest BCUT2D eigenvalue weighted by molar-refractivity contribution is -0.143. The number of nitrogens with one attached hydrogen (secondary N) is 1. The number of benzene rings is 1. The average molecular weight is 260 g/mol. The molecule has 0 aliphatic rings. The molecule has 0 aliphatic carbocycles. The van der Waals surface area contributed by atoms with Crippen LogP contribution in [0, 0.1) is 0 Å². The third-order valence-corrected chi connectivity index (χ3v) is 2.87. The Kier molecular flexibility index (Phi) is 3.66. The van der Waals surface area contributed by atoms with Crippen molar-refractivity contribution < 1.29 is 14.4 Å². The van der Waals surface area contributed by atoms with Crippen LogP contribution in [-0.2, 0) is 11.3 Å². The molecule has 5 heteroatoms. The quantitative estimate of drug-likeness (QED) is 0.862. The molecule has 1 aromatic heterocycles. The van der Waals surface area contributed by atoms with Gasteiger partial charge in [-0.05, 0) is 13.8 Å². The van der Waals surface area contributed by atoms with Crippen molar-refractivity contribution in [2.24, 2.45) is 0 Å². The van der Waals surface area contributed by atoms with Crippen molar-refractivity contribution >= 4 is 5.97 Å². The predicted octanol–water partition coefficient (Wildman–Crippen LogP) is 2.29. The first-order chi connectivity index (χ1) is 8.99. The molecule has 2 aromatic rings. The normalized spacial score (nSPS) is 11.5. The highest BCUT2D eigenvalue weighted by atomic mass is 16.5. The van der Waals surface area contributed by atoms with Crippen LogP contribution in [0.5, 0.6) is 0 Å². The second-order valence-corrected chi connectivity index (χ2v) is 4.83. The molecule has 0 aliphatic heterocycles. The monoisotopic (exact) mass is 260 g/mol. The number of aliphatic carboxylic acids is 1. The van der Waals surface area contributed by atoms with Crippen molar-refractivity contribution in [2.75, 3.05) is 0 Å². The van der Waals surface area contributed by atoms with Gasteiger partial charge in [0, 0.05) is 11.6 Å². The molecule has 1 aromatic carbocycles. The minimum atomic E-state index is -1.00. The van der Waals surface area contributed by atoms with Crippen molar-refractivity contribution in [3.05, 3.63) is 42.2 Å². The topological polar surface area (TPSA) is 75.4 Å². The van der Waals surface area contributed by atoms with Crippen molar-refractivity contribution in [1.82, 2.24) is 10.5 Å². The molecule has 0 atom stereocenters. The maximum atomic E-state index is 11.0. The van der Waals surface area contributed by atoms with Gasteiger partial charge in [-0.2, -0.15) is 0 Å². The van der Waals surface area contributed by atoms with Gasteiger partial charge in [-0.25, -0.2) is 0 Å². The molecule has 0 saturated heterocycles. The van der Waals surface area contributed by atoms with Crippen LogP contribution < -0.4 is 5.32 Å². The van der Waals surface area contributed by atoms with E-state index in [0.717, 1.165) is 11.3 Å². The van der Waals surface area contributed by atoms with E-state index in [4.69, 9.17) is 9.63 Å². The number of carboxylic acids is 1. The van der Waals surface area contributed by atoms with E-state index in [1.54, 1.807) is 19.9 Å². The summed E-state index contributed by atoms with van der Waals surface area (Å²) in [7, 11) is 0. The lowest BCUT2D eigenvalue weighted by Gasteiger charge is -2.19. The van der Waals surface area contributed by atoms with E-state index in [1.807, 2.05) is 30.3 Å². The predicted molar refractivity (Wildman–Crippen MR) is 70.5 cm³/mol. The second-order valence-electron chi connectivity index (χ2n) is 4.83. The van der Waals surface area contributed by atoms with Gasteiger partial charge < -0.3 is 9.63 Å². The van der Waals surface area contributed by atoms with E-state index in [1.165, 1.54) is 0 Å². The van der Waals surface area contributed by atoms with Crippen LogP contribution in [0.4, 0.5) is 0 Å². The molecular formula is C14H16N2O3. The Balaban J connectivity index is 2.05. The Morgan fingerprint density at radius 1 is 1.37 bits per heavy atom. The van der Waals surface area contributed by atoms with Gasteiger partial charge in [0.25, 0.3) is 0 Å². The molecule has 2 rings (SSSR count). The standard InChI is InChI=1S/C14H16N2O3/c1-14(2,13(17)18)15-9-11-8-12(16-19-11)10-6-4-3-5-7-10/h3-8,15H,9H2,1-2H3,(H,17,18). The molecule has 5 nitrogen and oxygen atoms in total. The first kappa shape index (κ1) is 13.3. The highest BCUT2D eigenvalue weighted by Gasteiger charge is 2.26. The van der Waals surface area contributed by atoms with Crippen LogP contribution in [0.15, 0.2) is 40.9 Å². The van der Waals surface area contributed by atoms with Crippen molar-refractivity contribution in [3.63, 3.8) is 0 Å². The van der Waals surface area contributed by atoms with Crippen molar-refractivity contribution in [2.45, 2.75) is 25.9 Å². The summed E-state index contributed by atoms with van der Waals surface area (Å²) in [5.41, 5.74) is 0.709. The largest absolute Gasteiger partial charge is 0.480 e. The van der Waals surface area contributed by atoms with E-state index in [0.29, 0.717) is 12.3 Å². The summed E-state index contributed by atoms with van der Waals surface area (Å²) in [5, 5.41) is 15.9. The summed E-state index contributed by atoms with van der Waals surface area (Å²) in [6, 6.07) is 11.5. The van der Waals surface area contributed by atoms with E-state index in [-0.39, 0.29) is 0 Å². The van der Waals surface area contributed by atoms with E-state index in [9.17, 15) is 4.79 Å². The Bertz CT molecular complexity index is 561. The summed E-state index contributed by atoms with van der Waals surface area (Å²) in [6.07, 6.45) is 0. The van der Waals surface area contributed by atoms with Gasteiger partial charge in [0.1, 0.15) is 11.2 Å². The number of carbonyl (C=O) groups is 1. The molecule has 0 amide bonds. The lowest BCUT2D eigenvalue weighted by Crippen LogP contribution is -2.46. The van der Waals surface area contributed by atoms with Gasteiger partial charge in [-0.1, -0.05) is 35.5 Å². The fourth-order valence-electron chi connectivity index (χ4n) is 1.52. The summed E-state index contributed by atoms with van der Waals surface area (Å²) >= 11 is 0. The van der Waals surface area contributed by atoms with E-state index < -0.39 is 11.5 Å². The fraction of sp³-hybridized carbons (Fsp3) is 0.286. The minimum absolute atomic E-state index is 0.319. The van der Waals surface area contributed by atoms with Gasteiger partial charge in [0.05, 0.1) is 6.54 Å². The zero-order valence-corrected chi connectivity index (χ0v) is 10.9. The Morgan fingerprint density at radius 2 is 2.05 bits per heavy atom. The van der Waals surface area contributed by atoms with Crippen molar-refractivity contribution in [1.29, 1.82) is 0 Å². The maximum Gasteiger partial charge on any atom is 0.323 e. The smallest absolute Gasteiger partial charge is 0.323 e. The van der Waals surface area contributed by atoms with Crippen molar-refractivity contribution in [3.8, 4) is 11.3 Å². The summed E-state index contributed by atoms with van der Waals surface area (Å²) < 4.78 is 5.19. The minimum Gasteiger partial charge on any atom is -0.480 e. The number of aromatic nitrogens is 1. The number of rotatable bonds is 5. The van der Waals surface area contributed by atoms with E-state index >= 15 is 0 Å². The molecule has 0 unspecified atom stereocenters. The molecule has 0 bridgehead atoms. The molecule has 100 valence electrons. The molecular weight excluding hydrogens is 244 g/mol. The SMILES string of the molecule is CC(C)(NCc1cc(-c2ccccc2)no1)C(=O)O. The Morgan fingerprint density at radius 3 is 2.68 bits per heavy atom. The lowest BCUT2D eigenvalue weighted by atomic mass is 10.1. The fourth-order valence-corrected chi connectivity index (χ4v) is 1.52. The van der Waals surface area contributed by atoms with Gasteiger partial charge in [0.2, 0.25) is 0 Å².